The van der Waals surface area contributed by atoms with Crippen LogP contribution < -0.4 is 14.8 Å². The normalized spacial score (nSPS) is 12.6. The highest BCUT2D eigenvalue weighted by Crippen LogP contribution is 2.25. The van der Waals surface area contributed by atoms with Crippen molar-refractivity contribution in [3.63, 3.8) is 0 Å². The number of aliphatic imine (C=N–C) groups is 1. The third-order valence-corrected chi connectivity index (χ3v) is 4.14. The molecule has 0 fully saturated rings. The van der Waals surface area contributed by atoms with Gasteiger partial charge in [-0.3, -0.25) is 9.67 Å². The Bertz CT molecular complexity index is 700. The Morgan fingerprint density at radius 1 is 1.35 bits per heavy atom. The number of methoxy groups -OCH3 is 2. The maximum atomic E-state index is 5.48. The smallest absolute Gasteiger partial charge is 0.193 e. The molecule has 1 aromatic heterocycles. The van der Waals surface area contributed by atoms with Crippen LogP contribution in [0.5, 0.6) is 11.5 Å². The van der Waals surface area contributed by atoms with E-state index in [-0.39, 0.29) is 0 Å². The zero-order valence-corrected chi connectivity index (χ0v) is 16.3. The van der Waals surface area contributed by atoms with Crippen LogP contribution in [0.3, 0.4) is 0 Å². The maximum absolute atomic E-state index is 5.48. The fraction of sp³-hybridized carbons (Fsp3) is 0.474. The van der Waals surface area contributed by atoms with Crippen molar-refractivity contribution in [1.82, 2.24) is 20.0 Å². The molecule has 0 amide bonds. The Labute approximate surface area is 155 Å². The monoisotopic (exact) mass is 359 g/mol. The van der Waals surface area contributed by atoms with E-state index >= 15 is 0 Å². The van der Waals surface area contributed by atoms with Gasteiger partial charge in [0.25, 0.3) is 0 Å². The van der Waals surface area contributed by atoms with Gasteiger partial charge >= 0.3 is 0 Å². The molecule has 1 heterocycles. The number of hydrogen-bond donors (Lipinski definition) is 1. The molecule has 1 atom stereocenters. The lowest BCUT2D eigenvalue weighted by molar-refractivity contribution is 0.381. The zero-order valence-electron chi connectivity index (χ0n) is 16.3. The van der Waals surface area contributed by atoms with Crippen molar-refractivity contribution in [3.05, 3.63) is 42.2 Å². The first kappa shape index (κ1) is 19.6. The lowest BCUT2D eigenvalue weighted by atomic mass is 10.1. The molecule has 2 rings (SSSR count). The molecule has 7 heteroatoms. The van der Waals surface area contributed by atoms with Crippen molar-refractivity contribution >= 4 is 5.96 Å². The standard InChI is InChI=1S/C19H29N5O2/c1-15(13-24-10-6-9-22-24)12-21-19(20-2)23(3)14-16-7-8-17(25-4)11-18(16)26-5/h6-11,15H,12-14H2,1-5H3,(H,20,21). The molecule has 0 bridgehead atoms. The quantitative estimate of drug-likeness (QED) is 0.578. The minimum Gasteiger partial charge on any atom is -0.497 e. The Kier molecular flexibility index (Phi) is 7.32. The van der Waals surface area contributed by atoms with Gasteiger partial charge in [-0.15, -0.1) is 0 Å². The average molecular weight is 359 g/mol. The number of hydrogen-bond acceptors (Lipinski definition) is 4. The van der Waals surface area contributed by atoms with Crippen molar-refractivity contribution in [2.75, 3.05) is 34.9 Å². The van der Waals surface area contributed by atoms with Crippen molar-refractivity contribution in [2.24, 2.45) is 10.9 Å². The van der Waals surface area contributed by atoms with Crippen LogP contribution in [-0.2, 0) is 13.1 Å². The van der Waals surface area contributed by atoms with Gasteiger partial charge in [0.15, 0.2) is 5.96 Å². The van der Waals surface area contributed by atoms with Crippen LogP contribution in [0.25, 0.3) is 0 Å². The minimum atomic E-state index is 0.426. The molecule has 0 spiro atoms. The first-order valence-electron chi connectivity index (χ1n) is 8.67. The van der Waals surface area contributed by atoms with E-state index in [9.17, 15) is 0 Å². The molecule has 0 aliphatic carbocycles. The van der Waals surface area contributed by atoms with Crippen LogP contribution in [0.4, 0.5) is 0 Å². The van der Waals surface area contributed by atoms with E-state index < -0.39 is 0 Å². The van der Waals surface area contributed by atoms with Gasteiger partial charge in [-0.1, -0.05) is 6.92 Å². The number of nitrogens with zero attached hydrogens (tertiary/aromatic N) is 4. The van der Waals surface area contributed by atoms with Crippen molar-refractivity contribution < 1.29 is 9.47 Å². The summed E-state index contributed by atoms with van der Waals surface area (Å²) in [5, 5.41) is 7.68. The molecular formula is C19H29N5O2. The van der Waals surface area contributed by atoms with Crippen molar-refractivity contribution in [2.45, 2.75) is 20.0 Å². The lowest BCUT2D eigenvalue weighted by Crippen LogP contribution is -2.40. The largest absolute Gasteiger partial charge is 0.497 e. The summed E-state index contributed by atoms with van der Waals surface area (Å²) in [5.74, 6) is 2.85. The second-order valence-electron chi connectivity index (χ2n) is 6.30. The Morgan fingerprint density at radius 2 is 2.15 bits per heavy atom. The highest BCUT2D eigenvalue weighted by Gasteiger charge is 2.12. The van der Waals surface area contributed by atoms with Gasteiger partial charge in [0.05, 0.1) is 14.2 Å². The summed E-state index contributed by atoms with van der Waals surface area (Å²) in [7, 11) is 7.12. The van der Waals surface area contributed by atoms with Gasteiger partial charge in [0.1, 0.15) is 11.5 Å². The third kappa shape index (κ3) is 5.40. The summed E-state index contributed by atoms with van der Waals surface area (Å²) in [5.41, 5.74) is 1.07. The molecule has 142 valence electrons. The van der Waals surface area contributed by atoms with Gasteiger partial charge in [0.2, 0.25) is 0 Å². The van der Waals surface area contributed by atoms with Crippen LogP contribution in [0.2, 0.25) is 0 Å². The fourth-order valence-electron chi connectivity index (χ4n) is 2.76. The lowest BCUT2D eigenvalue weighted by Gasteiger charge is -2.24. The first-order chi connectivity index (χ1) is 12.6. The molecular weight excluding hydrogens is 330 g/mol. The molecule has 26 heavy (non-hydrogen) atoms. The van der Waals surface area contributed by atoms with E-state index in [1.807, 2.05) is 42.2 Å². The predicted octanol–water partition coefficient (Wildman–Crippen LogP) is 2.24. The molecule has 2 aromatic rings. The number of rotatable bonds is 8. The summed E-state index contributed by atoms with van der Waals surface area (Å²) >= 11 is 0. The second kappa shape index (κ2) is 9.70. The molecule has 1 N–H and O–H groups in total. The van der Waals surface area contributed by atoms with E-state index in [0.717, 1.165) is 36.1 Å². The van der Waals surface area contributed by atoms with Gasteiger partial charge in [-0.05, 0) is 24.1 Å². The summed E-state index contributed by atoms with van der Waals surface area (Å²) in [6.07, 6.45) is 3.78. The number of guanidine groups is 1. The minimum absolute atomic E-state index is 0.426. The molecule has 1 unspecified atom stereocenters. The van der Waals surface area contributed by atoms with E-state index in [2.05, 4.69) is 27.2 Å². The van der Waals surface area contributed by atoms with Gasteiger partial charge < -0.3 is 19.7 Å². The number of nitrogens with one attached hydrogen (secondary N) is 1. The van der Waals surface area contributed by atoms with Crippen molar-refractivity contribution in [3.8, 4) is 11.5 Å². The first-order valence-corrected chi connectivity index (χ1v) is 8.67. The molecule has 0 radical (unpaired) electrons. The summed E-state index contributed by atoms with van der Waals surface area (Å²) < 4.78 is 12.7. The van der Waals surface area contributed by atoms with Crippen LogP contribution >= 0.6 is 0 Å². The Morgan fingerprint density at radius 3 is 2.77 bits per heavy atom. The van der Waals surface area contributed by atoms with E-state index in [1.165, 1.54) is 0 Å². The summed E-state index contributed by atoms with van der Waals surface area (Å²) in [4.78, 5) is 6.46. The highest BCUT2D eigenvalue weighted by atomic mass is 16.5. The average Bonchev–Trinajstić information content (AvgIpc) is 3.15. The Balaban J connectivity index is 1.93. The number of benzene rings is 1. The van der Waals surface area contributed by atoms with Crippen molar-refractivity contribution in [1.29, 1.82) is 0 Å². The van der Waals surface area contributed by atoms with E-state index in [1.54, 1.807) is 27.5 Å². The van der Waals surface area contributed by atoms with Crippen LogP contribution in [0.15, 0.2) is 41.7 Å². The molecule has 7 nitrogen and oxygen atoms in total. The summed E-state index contributed by atoms with van der Waals surface area (Å²) in [6.45, 7) is 4.55. The topological polar surface area (TPSA) is 63.9 Å². The molecule has 0 saturated heterocycles. The zero-order chi connectivity index (χ0) is 18.9. The van der Waals surface area contributed by atoms with Gasteiger partial charge in [-0.2, -0.15) is 5.10 Å². The number of aromatic nitrogens is 2. The highest BCUT2D eigenvalue weighted by molar-refractivity contribution is 5.79. The fourth-order valence-corrected chi connectivity index (χ4v) is 2.76. The Hall–Kier alpha value is -2.70. The number of ether oxygens (including phenoxy) is 2. The van der Waals surface area contributed by atoms with Gasteiger partial charge in [-0.25, -0.2) is 0 Å². The van der Waals surface area contributed by atoms with Gasteiger partial charge in [0, 0.05) is 57.8 Å². The second-order valence-corrected chi connectivity index (χ2v) is 6.30. The summed E-state index contributed by atoms with van der Waals surface area (Å²) in [6, 6.07) is 7.79. The molecule has 0 aliphatic heterocycles. The van der Waals surface area contributed by atoms with E-state index in [0.29, 0.717) is 12.5 Å². The molecule has 0 aliphatic rings. The van der Waals surface area contributed by atoms with Crippen LogP contribution in [0, 0.1) is 5.92 Å². The molecule has 0 saturated carbocycles. The van der Waals surface area contributed by atoms with Crippen LogP contribution in [0.1, 0.15) is 12.5 Å². The van der Waals surface area contributed by atoms with E-state index in [4.69, 9.17) is 9.47 Å². The third-order valence-electron chi connectivity index (χ3n) is 4.14. The SMILES string of the molecule is CN=C(NCC(C)Cn1cccn1)N(C)Cc1ccc(OC)cc1OC. The molecule has 1 aromatic carbocycles. The maximum Gasteiger partial charge on any atom is 0.193 e. The predicted molar refractivity (Wildman–Crippen MR) is 104 cm³/mol. The van der Waals surface area contributed by atoms with Crippen LogP contribution in [-0.4, -0.2) is 55.5 Å².